The molecule has 0 radical (unpaired) electrons. The number of carbonyl (C=O) groups is 2. The summed E-state index contributed by atoms with van der Waals surface area (Å²) in [6, 6.07) is -0.740. The molecule has 50 heavy (non-hydrogen) atoms. The van der Waals surface area contributed by atoms with E-state index in [0.717, 1.165) is 64.2 Å². The van der Waals surface area contributed by atoms with Crippen molar-refractivity contribution >= 4 is 11.9 Å². The number of hydrogen-bond donors (Lipinski definition) is 3. The molecule has 0 bridgehead atoms. The zero-order chi connectivity index (χ0) is 36.8. The lowest BCUT2D eigenvalue weighted by molar-refractivity contribution is -0.150. The van der Waals surface area contributed by atoms with Gasteiger partial charge in [0, 0.05) is 12.8 Å². The standard InChI is InChI=1S/C44H75NO5/c1-4-7-10-13-16-19-22-23-26-29-32-35-40(50-44(49)37-34-31-28-25-21-18-15-12-9-6-3)38-43(48)45-41(39-46)42(47)36-33-30-27-24-20-17-14-11-8-5-2/h7,10,12-13,15-16,19,22-23,26,29,32,40-42,46-47H,4-6,8-9,11,14,17-18,20-21,24-25,27-28,30-31,33-39H2,1-3H3,(H,45,48)/b10-7+,15-12-,16-13+,22-19-,26-23-,32-29+. The van der Waals surface area contributed by atoms with Crippen LogP contribution in [0.25, 0.3) is 0 Å². The highest BCUT2D eigenvalue weighted by molar-refractivity contribution is 5.77. The fraction of sp³-hybridized carbons (Fsp3) is 0.682. The second kappa shape index (κ2) is 37.6. The average molecular weight is 698 g/mol. The number of unbranched alkanes of at least 4 members (excludes halogenated alkanes) is 15. The summed E-state index contributed by atoms with van der Waals surface area (Å²) in [5, 5.41) is 23.4. The van der Waals surface area contributed by atoms with Crippen molar-refractivity contribution in [3.05, 3.63) is 72.9 Å². The number of nitrogens with one attached hydrogen (secondary N) is 1. The smallest absolute Gasteiger partial charge is 0.306 e. The highest BCUT2D eigenvalue weighted by atomic mass is 16.5. The highest BCUT2D eigenvalue weighted by Crippen LogP contribution is 2.15. The number of rotatable bonds is 34. The molecule has 3 unspecified atom stereocenters. The SMILES string of the molecule is CC/C=C/C=C/C=C\C=C/C=C/CC(CC(=O)NC(CO)C(O)CCCCCCCCCCCC)OC(=O)CCCCCCC/C=C\CCC. The third-order valence-electron chi connectivity index (χ3n) is 8.63. The van der Waals surface area contributed by atoms with Crippen molar-refractivity contribution in [3.63, 3.8) is 0 Å². The van der Waals surface area contributed by atoms with Gasteiger partial charge in [-0.2, -0.15) is 0 Å². The number of esters is 1. The maximum Gasteiger partial charge on any atom is 0.306 e. The molecule has 1 amide bonds. The van der Waals surface area contributed by atoms with Gasteiger partial charge in [-0.25, -0.2) is 0 Å². The van der Waals surface area contributed by atoms with Crippen LogP contribution in [0.2, 0.25) is 0 Å². The minimum atomic E-state index is -0.818. The third-order valence-corrected chi connectivity index (χ3v) is 8.63. The lowest BCUT2D eigenvalue weighted by Crippen LogP contribution is -2.46. The molecule has 0 aliphatic carbocycles. The maximum atomic E-state index is 13.0. The number of aliphatic hydroxyl groups is 2. The third kappa shape index (κ3) is 32.5. The zero-order valence-corrected chi connectivity index (χ0v) is 32.2. The summed E-state index contributed by atoms with van der Waals surface area (Å²) in [7, 11) is 0. The molecule has 6 nitrogen and oxygen atoms in total. The van der Waals surface area contributed by atoms with Gasteiger partial charge in [-0.1, -0.05) is 184 Å². The van der Waals surface area contributed by atoms with E-state index in [-0.39, 0.29) is 24.9 Å². The Balaban J connectivity index is 4.82. The number of carbonyl (C=O) groups excluding carboxylic acids is 2. The molecule has 0 rings (SSSR count). The molecule has 3 atom stereocenters. The van der Waals surface area contributed by atoms with Gasteiger partial charge in [-0.15, -0.1) is 0 Å². The average Bonchev–Trinajstić information content (AvgIpc) is 3.10. The van der Waals surface area contributed by atoms with Crippen LogP contribution in [0.15, 0.2) is 72.9 Å². The summed E-state index contributed by atoms with van der Waals surface area (Å²) in [6.45, 7) is 6.18. The highest BCUT2D eigenvalue weighted by Gasteiger charge is 2.23. The van der Waals surface area contributed by atoms with E-state index in [1.807, 2.05) is 54.7 Å². The van der Waals surface area contributed by atoms with Gasteiger partial charge in [0.05, 0.1) is 25.2 Å². The predicted octanol–water partition coefficient (Wildman–Crippen LogP) is 11.1. The van der Waals surface area contributed by atoms with E-state index < -0.39 is 18.2 Å². The Kier molecular flexibility index (Phi) is 35.5. The summed E-state index contributed by atoms with van der Waals surface area (Å²) in [5.41, 5.74) is 0. The number of hydrogen-bond acceptors (Lipinski definition) is 5. The van der Waals surface area contributed by atoms with E-state index in [0.29, 0.717) is 19.3 Å². The van der Waals surface area contributed by atoms with Crippen LogP contribution in [0.3, 0.4) is 0 Å². The van der Waals surface area contributed by atoms with Crippen LogP contribution in [-0.2, 0) is 14.3 Å². The van der Waals surface area contributed by atoms with E-state index in [4.69, 9.17) is 4.74 Å². The molecule has 6 heteroatoms. The Hall–Kier alpha value is -2.70. The van der Waals surface area contributed by atoms with Crippen LogP contribution in [0, 0.1) is 0 Å². The molecule has 0 aliphatic heterocycles. The van der Waals surface area contributed by atoms with Crippen LogP contribution >= 0.6 is 0 Å². The van der Waals surface area contributed by atoms with Crippen LogP contribution in [-0.4, -0.2) is 46.9 Å². The van der Waals surface area contributed by atoms with Crippen molar-refractivity contribution in [1.82, 2.24) is 5.32 Å². The van der Waals surface area contributed by atoms with E-state index in [1.165, 1.54) is 57.8 Å². The molecule has 0 aliphatic rings. The van der Waals surface area contributed by atoms with Gasteiger partial charge in [-0.3, -0.25) is 9.59 Å². The first-order chi connectivity index (χ1) is 24.5. The van der Waals surface area contributed by atoms with Gasteiger partial charge >= 0.3 is 5.97 Å². The van der Waals surface area contributed by atoms with E-state index in [9.17, 15) is 19.8 Å². The quantitative estimate of drug-likeness (QED) is 0.0269. The van der Waals surface area contributed by atoms with Crippen molar-refractivity contribution in [2.24, 2.45) is 0 Å². The molecule has 0 heterocycles. The zero-order valence-electron chi connectivity index (χ0n) is 32.2. The van der Waals surface area contributed by atoms with Gasteiger partial charge in [-0.05, 0) is 38.5 Å². The summed E-state index contributed by atoms with van der Waals surface area (Å²) >= 11 is 0. The van der Waals surface area contributed by atoms with E-state index >= 15 is 0 Å². The van der Waals surface area contributed by atoms with Gasteiger partial charge < -0.3 is 20.3 Å². The van der Waals surface area contributed by atoms with Crippen molar-refractivity contribution < 1.29 is 24.5 Å². The summed E-state index contributed by atoms with van der Waals surface area (Å²) < 4.78 is 5.77. The topological polar surface area (TPSA) is 95.9 Å². The molecule has 0 saturated carbocycles. The van der Waals surface area contributed by atoms with Crippen LogP contribution in [0.4, 0.5) is 0 Å². The van der Waals surface area contributed by atoms with Gasteiger partial charge in [0.25, 0.3) is 0 Å². The summed E-state index contributed by atoms with van der Waals surface area (Å²) in [6.07, 6.45) is 45.6. The summed E-state index contributed by atoms with van der Waals surface area (Å²) in [5.74, 6) is -0.631. The Labute approximate surface area is 307 Å². The number of amides is 1. The van der Waals surface area contributed by atoms with E-state index in [1.54, 1.807) is 0 Å². The second-order valence-corrected chi connectivity index (χ2v) is 13.4. The first kappa shape index (κ1) is 47.3. The minimum Gasteiger partial charge on any atom is -0.461 e. The lowest BCUT2D eigenvalue weighted by Gasteiger charge is -2.24. The molecule has 286 valence electrons. The molecule has 0 aromatic heterocycles. The molecule has 3 N–H and O–H groups in total. The fourth-order valence-electron chi connectivity index (χ4n) is 5.57. The van der Waals surface area contributed by atoms with Gasteiger partial charge in [0.1, 0.15) is 6.10 Å². The Bertz CT molecular complexity index is 963. The van der Waals surface area contributed by atoms with Crippen molar-refractivity contribution in [1.29, 1.82) is 0 Å². The molecule has 0 saturated heterocycles. The van der Waals surface area contributed by atoms with Crippen LogP contribution < -0.4 is 5.32 Å². The molecule has 0 aromatic carbocycles. The molecular weight excluding hydrogens is 622 g/mol. The van der Waals surface area contributed by atoms with Gasteiger partial charge in [0.2, 0.25) is 5.91 Å². The lowest BCUT2D eigenvalue weighted by atomic mass is 10.0. The minimum absolute atomic E-state index is 0.0250. The maximum absolute atomic E-state index is 13.0. The van der Waals surface area contributed by atoms with Crippen molar-refractivity contribution in [3.8, 4) is 0 Å². The fourth-order valence-corrected chi connectivity index (χ4v) is 5.57. The second-order valence-electron chi connectivity index (χ2n) is 13.4. The molecule has 0 spiro atoms. The first-order valence-corrected chi connectivity index (χ1v) is 20.2. The van der Waals surface area contributed by atoms with E-state index in [2.05, 4.69) is 44.3 Å². The monoisotopic (exact) mass is 698 g/mol. The number of allylic oxidation sites excluding steroid dienone is 11. The Morgan fingerprint density at radius 2 is 1.16 bits per heavy atom. The van der Waals surface area contributed by atoms with Crippen LogP contribution in [0.1, 0.15) is 168 Å². The molecule has 0 aromatic rings. The Morgan fingerprint density at radius 1 is 0.620 bits per heavy atom. The normalized spacial score (nSPS) is 14.3. The molecular formula is C44H75NO5. The number of aliphatic hydroxyl groups excluding tert-OH is 2. The first-order valence-electron chi connectivity index (χ1n) is 20.2. The predicted molar refractivity (Wildman–Crippen MR) is 213 cm³/mol. The molecule has 0 fully saturated rings. The van der Waals surface area contributed by atoms with Crippen LogP contribution in [0.5, 0.6) is 0 Å². The Morgan fingerprint density at radius 3 is 1.76 bits per heavy atom. The largest absolute Gasteiger partial charge is 0.461 e. The van der Waals surface area contributed by atoms with Crippen molar-refractivity contribution in [2.75, 3.05) is 6.61 Å². The summed E-state index contributed by atoms with van der Waals surface area (Å²) in [4.78, 5) is 25.7. The van der Waals surface area contributed by atoms with Gasteiger partial charge in [0.15, 0.2) is 0 Å². The van der Waals surface area contributed by atoms with Crippen molar-refractivity contribution in [2.45, 2.75) is 187 Å². The number of ether oxygens (including phenoxy) is 1.